The Labute approximate surface area is 88.8 Å². The molecule has 0 saturated heterocycles. The molecule has 0 atom stereocenters. The van der Waals surface area contributed by atoms with Crippen LogP contribution in [0.25, 0.3) is 0 Å². The van der Waals surface area contributed by atoms with E-state index in [1.807, 2.05) is 12.3 Å². The van der Waals surface area contributed by atoms with Gasteiger partial charge in [-0.25, -0.2) is 9.97 Å². The predicted molar refractivity (Wildman–Crippen MR) is 57.4 cm³/mol. The van der Waals surface area contributed by atoms with Crippen LogP contribution in [0.4, 0.5) is 0 Å². The average molecular weight is 202 g/mol. The monoisotopic (exact) mass is 202 g/mol. The Balaban J connectivity index is 2.20. The third-order valence-corrected chi connectivity index (χ3v) is 2.32. The van der Waals surface area contributed by atoms with Gasteiger partial charge in [-0.3, -0.25) is 5.10 Å². The number of aromatic nitrogens is 4. The molecule has 1 N–H and O–H groups in total. The van der Waals surface area contributed by atoms with Crippen LogP contribution in [0.2, 0.25) is 0 Å². The minimum Gasteiger partial charge on any atom is -0.282 e. The largest absolute Gasteiger partial charge is 0.282 e. The Bertz CT molecular complexity index is 408. The van der Waals surface area contributed by atoms with Gasteiger partial charge in [0.25, 0.3) is 0 Å². The SMILES string of the molecule is CCCc1cncnc1Cc1ccn[nH]1. The molecule has 0 unspecified atom stereocenters. The van der Waals surface area contributed by atoms with Gasteiger partial charge in [0.1, 0.15) is 6.33 Å². The van der Waals surface area contributed by atoms with Crippen LogP contribution in [0.15, 0.2) is 24.8 Å². The fraction of sp³-hybridized carbons (Fsp3) is 0.364. The van der Waals surface area contributed by atoms with Crippen molar-refractivity contribution in [2.45, 2.75) is 26.2 Å². The molecule has 0 fully saturated rings. The minimum absolute atomic E-state index is 0.803. The zero-order valence-corrected chi connectivity index (χ0v) is 8.77. The van der Waals surface area contributed by atoms with Gasteiger partial charge >= 0.3 is 0 Å². The molecule has 0 radical (unpaired) electrons. The van der Waals surface area contributed by atoms with Gasteiger partial charge < -0.3 is 0 Å². The Morgan fingerprint density at radius 1 is 1.40 bits per heavy atom. The summed E-state index contributed by atoms with van der Waals surface area (Å²) in [6, 6.07) is 1.97. The van der Waals surface area contributed by atoms with Crippen LogP contribution >= 0.6 is 0 Å². The quantitative estimate of drug-likeness (QED) is 0.821. The maximum atomic E-state index is 4.31. The van der Waals surface area contributed by atoms with Gasteiger partial charge in [-0.2, -0.15) is 5.10 Å². The predicted octanol–water partition coefficient (Wildman–Crippen LogP) is 1.74. The molecule has 2 rings (SSSR count). The summed E-state index contributed by atoms with van der Waals surface area (Å²) in [5, 5.41) is 6.87. The van der Waals surface area contributed by atoms with E-state index in [2.05, 4.69) is 27.1 Å². The van der Waals surface area contributed by atoms with Crippen LogP contribution < -0.4 is 0 Å². The van der Waals surface area contributed by atoms with Crippen molar-refractivity contribution in [1.82, 2.24) is 20.2 Å². The zero-order chi connectivity index (χ0) is 10.5. The topological polar surface area (TPSA) is 54.5 Å². The average Bonchev–Trinajstić information content (AvgIpc) is 2.74. The summed E-state index contributed by atoms with van der Waals surface area (Å²) in [6.45, 7) is 2.16. The maximum Gasteiger partial charge on any atom is 0.115 e. The summed E-state index contributed by atoms with van der Waals surface area (Å²) in [5.74, 6) is 0. The van der Waals surface area contributed by atoms with Crippen molar-refractivity contribution in [1.29, 1.82) is 0 Å². The van der Waals surface area contributed by atoms with Gasteiger partial charge in [-0.05, 0) is 18.1 Å². The summed E-state index contributed by atoms with van der Waals surface area (Å²) in [6.07, 6.45) is 8.22. The van der Waals surface area contributed by atoms with E-state index >= 15 is 0 Å². The van der Waals surface area contributed by atoms with Crippen molar-refractivity contribution in [3.8, 4) is 0 Å². The summed E-state index contributed by atoms with van der Waals surface area (Å²) < 4.78 is 0. The van der Waals surface area contributed by atoms with E-state index in [9.17, 15) is 0 Å². The lowest BCUT2D eigenvalue weighted by Gasteiger charge is -2.04. The molecule has 78 valence electrons. The molecule has 4 heteroatoms. The molecular weight excluding hydrogens is 188 g/mol. The molecule has 15 heavy (non-hydrogen) atoms. The molecule has 0 aliphatic carbocycles. The number of nitrogens with zero attached hydrogens (tertiary/aromatic N) is 3. The second-order valence-electron chi connectivity index (χ2n) is 3.50. The summed E-state index contributed by atoms with van der Waals surface area (Å²) in [7, 11) is 0. The van der Waals surface area contributed by atoms with Gasteiger partial charge in [0.15, 0.2) is 0 Å². The number of hydrogen-bond donors (Lipinski definition) is 1. The number of rotatable bonds is 4. The van der Waals surface area contributed by atoms with Crippen molar-refractivity contribution >= 4 is 0 Å². The second-order valence-corrected chi connectivity index (χ2v) is 3.50. The van der Waals surface area contributed by atoms with E-state index in [0.29, 0.717) is 0 Å². The summed E-state index contributed by atoms with van der Waals surface area (Å²) in [5.41, 5.74) is 3.41. The van der Waals surface area contributed by atoms with Crippen LogP contribution in [0.1, 0.15) is 30.3 Å². The lowest BCUT2D eigenvalue weighted by Crippen LogP contribution is -2.00. The Hall–Kier alpha value is -1.71. The molecule has 2 aromatic heterocycles. The van der Waals surface area contributed by atoms with E-state index in [-0.39, 0.29) is 0 Å². The molecule has 0 aliphatic heterocycles. The molecule has 0 aliphatic rings. The Morgan fingerprint density at radius 2 is 2.33 bits per heavy atom. The van der Waals surface area contributed by atoms with Crippen molar-refractivity contribution in [2.75, 3.05) is 0 Å². The fourth-order valence-corrected chi connectivity index (χ4v) is 1.58. The first-order valence-electron chi connectivity index (χ1n) is 5.16. The van der Waals surface area contributed by atoms with Crippen LogP contribution in [0.5, 0.6) is 0 Å². The number of hydrogen-bond acceptors (Lipinski definition) is 3. The highest BCUT2D eigenvalue weighted by Crippen LogP contribution is 2.10. The lowest BCUT2D eigenvalue weighted by atomic mass is 10.1. The van der Waals surface area contributed by atoms with Gasteiger partial charge in [0.2, 0.25) is 0 Å². The summed E-state index contributed by atoms with van der Waals surface area (Å²) >= 11 is 0. The first-order chi connectivity index (χ1) is 7.40. The molecule has 0 amide bonds. The molecule has 0 aromatic carbocycles. The highest BCUT2D eigenvalue weighted by atomic mass is 15.1. The van der Waals surface area contributed by atoms with E-state index in [4.69, 9.17) is 0 Å². The second kappa shape index (κ2) is 4.68. The molecule has 4 nitrogen and oxygen atoms in total. The number of H-pyrrole nitrogens is 1. The van der Waals surface area contributed by atoms with E-state index < -0.39 is 0 Å². The van der Waals surface area contributed by atoms with Crippen LogP contribution in [0.3, 0.4) is 0 Å². The smallest absolute Gasteiger partial charge is 0.115 e. The van der Waals surface area contributed by atoms with Crippen LogP contribution in [0, 0.1) is 0 Å². The number of aromatic amines is 1. The van der Waals surface area contributed by atoms with Gasteiger partial charge in [-0.15, -0.1) is 0 Å². The normalized spacial score (nSPS) is 10.5. The molecule has 0 spiro atoms. The molecular formula is C11H14N4. The standard InChI is InChI=1S/C11H14N4/c1-2-3-9-7-12-8-13-11(9)6-10-4-5-14-15-10/h4-5,7-8H,2-3,6H2,1H3,(H,14,15). The van der Waals surface area contributed by atoms with E-state index in [1.165, 1.54) is 5.56 Å². The Morgan fingerprint density at radius 3 is 3.07 bits per heavy atom. The van der Waals surface area contributed by atoms with Crippen molar-refractivity contribution in [3.05, 3.63) is 41.7 Å². The third-order valence-electron chi connectivity index (χ3n) is 2.32. The molecule has 2 aromatic rings. The van der Waals surface area contributed by atoms with Crippen molar-refractivity contribution in [2.24, 2.45) is 0 Å². The van der Waals surface area contributed by atoms with Gasteiger partial charge in [0, 0.05) is 24.5 Å². The molecule has 2 heterocycles. The first-order valence-corrected chi connectivity index (χ1v) is 5.16. The molecule has 0 bridgehead atoms. The van der Waals surface area contributed by atoms with E-state index in [1.54, 1.807) is 12.5 Å². The van der Waals surface area contributed by atoms with Crippen molar-refractivity contribution in [3.63, 3.8) is 0 Å². The summed E-state index contributed by atoms with van der Waals surface area (Å²) in [4.78, 5) is 8.37. The highest BCUT2D eigenvalue weighted by molar-refractivity contribution is 5.21. The highest BCUT2D eigenvalue weighted by Gasteiger charge is 2.04. The number of aryl methyl sites for hydroxylation is 1. The van der Waals surface area contributed by atoms with Gasteiger partial charge in [-0.1, -0.05) is 13.3 Å². The first kappa shape index (κ1) is 9.83. The Kier molecular flexibility index (Phi) is 3.07. The van der Waals surface area contributed by atoms with Crippen LogP contribution in [-0.4, -0.2) is 20.2 Å². The fourth-order valence-electron chi connectivity index (χ4n) is 1.58. The van der Waals surface area contributed by atoms with Gasteiger partial charge in [0.05, 0.1) is 5.69 Å². The number of nitrogens with one attached hydrogen (secondary N) is 1. The lowest BCUT2D eigenvalue weighted by molar-refractivity contribution is 0.856. The van der Waals surface area contributed by atoms with E-state index in [0.717, 1.165) is 30.7 Å². The van der Waals surface area contributed by atoms with Crippen molar-refractivity contribution < 1.29 is 0 Å². The minimum atomic E-state index is 0.803. The zero-order valence-electron chi connectivity index (χ0n) is 8.77. The van der Waals surface area contributed by atoms with Crippen LogP contribution in [-0.2, 0) is 12.8 Å². The third kappa shape index (κ3) is 2.40. The molecule has 0 saturated carbocycles. The maximum absolute atomic E-state index is 4.31.